The molecule has 1 aromatic carbocycles. The van der Waals surface area contributed by atoms with E-state index in [0.717, 1.165) is 22.6 Å². The summed E-state index contributed by atoms with van der Waals surface area (Å²) in [5, 5.41) is 2.93. The predicted octanol–water partition coefficient (Wildman–Crippen LogP) is 2.93. The summed E-state index contributed by atoms with van der Waals surface area (Å²) in [7, 11) is 1.62. The SMILES string of the molecule is COCCN(Cc1ccccn1)C(=O)NCc1nc2cc(C)c(C)cc2[nH]1. The summed E-state index contributed by atoms with van der Waals surface area (Å²) >= 11 is 0. The number of rotatable bonds is 7. The molecule has 0 saturated carbocycles. The van der Waals surface area contributed by atoms with Crippen LogP contribution in [-0.4, -0.2) is 46.1 Å². The highest BCUT2D eigenvalue weighted by Crippen LogP contribution is 2.17. The van der Waals surface area contributed by atoms with Crippen molar-refractivity contribution in [3.8, 4) is 0 Å². The van der Waals surface area contributed by atoms with Crippen LogP contribution < -0.4 is 5.32 Å². The summed E-state index contributed by atoms with van der Waals surface area (Å²) in [6, 6.07) is 9.62. The van der Waals surface area contributed by atoms with Crippen LogP contribution in [0.3, 0.4) is 0 Å². The molecule has 0 aliphatic carbocycles. The molecule has 27 heavy (non-hydrogen) atoms. The summed E-state index contributed by atoms with van der Waals surface area (Å²) < 4.78 is 5.12. The number of nitrogens with zero attached hydrogens (tertiary/aromatic N) is 3. The molecule has 0 unspecified atom stereocenters. The number of H-pyrrole nitrogens is 1. The normalized spacial score (nSPS) is 10.9. The molecule has 0 aliphatic rings. The lowest BCUT2D eigenvalue weighted by molar-refractivity contribution is 0.145. The Kier molecular flexibility index (Phi) is 6.03. The third kappa shape index (κ3) is 4.83. The fourth-order valence-electron chi connectivity index (χ4n) is 2.82. The quantitative estimate of drug-likeness (QED) is 0.673. The molecule has 0 fully saturated rings. The van der Waals surface area contributed by atoms with E-state index >= 15 is 0 Å². The molecule has 2 N–H and O–H groups in total. The number of carbonyl (C=O) groups excluding carboxylic acids is 1. The van der Waals surface area contributed by atoms with Crippen LogP contribution in [0.5, 0.6) is 0 Å². The van der Waals surface area contributed by atoms with E-state index in [-0.39, 0.29) is 6.03 Å². The Morgan fingerprint density at radius 3 is 2.81 bits per heavy atom. The third-order valence-electron chi connectivity index (χ3n) is 4.49. The Balaban J connectivity index is 1.66. The van der Waals surface area contributed by atoms with Crippen molar-refractivity contribution in [3.05, 3.63) is 59.2 Å². The molecule has 0 aliphatic heterocycles. The van der Waals surface area contributed by atoms with Crippen molar-refractivity contribution >= 4 is 17.1 Å². The maximum atomic E-state index is 12.6. The number of aromatic amines is 1. The number of urea groups is 1. The van der Waals surface area contributed by atoms with Gasteiger partial charge in [-0.25, -0.2) is 9.78 Å². The van der Waals surface area contributed by atoms with Gasteiger partial charge in [0.05, 0.1) is 36.4 Å². The second kappa shape index (κ2) is 8.64. The number of nitrogens with one attached hydrogen (secondary N) is 2. The molecule has 2 heterocycles. The molecule has 142 valence electrons. The van der Waals surface area contributed by atoms with E-state index in [0.29, 0.717) is 26.2 Å². The zero-order valence-electron chi connectivity index (χ0n) is 16.0. The van der Waals surface area contributed by atoms with Crippen molar-refractivity contribution in [2.75, 3.05) is 20.3 Å². The Hall–Kier alpha value is -2.93. The molecule has 0 atom stereocenters. The van der Waals surface area contributed by atoms with E-state index in [1.807, 2.05) is 18.2 Å². The Labute approximate surface area is 158 Å². The van der Waals surface area contributed by atoms with Crippen molar-refractivity contribution in [1.82, 2.24) is 25.2 Å². The van der Waals surface area contributed by atoms with Gasteiger partial charge in [0.1, 0.15) is 5.82 Å². The molecular weight excluding hydrogens is 342 g/mol. The third-order valence-corrected chi connectivity index (χ3v) is 4.49. The fraction of sp³-hybridized carbons (Fsp3) is 0.350. The van der Waals surface area contributed by atoms with Gasteiger partial charge in [0.25, 0.3) is 0 Å². The highest BCUT2D eigenvalue weighted by Gasteiger charge is 2.15. The van der Waals surface area contributed by atoms with Gasteiger partial charge in [-0.05, 0) is 49.2 Å². The molecule has 2 aromatic heterocycles. The second-order valence-electron chi connectivity index (χ2n) is 6.53. The first kappa shape index (κ1) is 18.8. The first-order valence-electron chi connectivity index (χ1n) is 8.94. The smallest absolute Gasteiger partial charge is 0.318 e. The molecule has 2 amide bonds. The monoisotopic (exact) mass is 367 g/mol. The summed E-state index contributed by atoms with van der Waals surface area (Å²) in [5.74, 6) is 0.730. The zero-order chi connectivity index (χ0) is 19.2. The summed E-state index contributed by atoms with van der Waals surface area (Å²) in [6.45, 7) is 5.84. The second-order valence-corrected chi connectivity index (χ2v) is 6.53. The molecule has 0 spiro atoms. The fourth-order valence-corrected chi connectivity index (χ4v) is 2.82. The largest absolute Gasteiger partial charge is 0.383 e. The van der Waals surface area contributed by atoms with E-state index in [2.05, 4.69) is 46.2 Å². The standard InChI is InChI=1S/C20H25N5O2/c1-14-10-17-18(11-15(14)2)24-19(23-17)12-22-20(26)25(8-9-27-3)13-16-6-4-5-7-21-16/h4-7,10-11H,8-9,12-13H2,1-3H3,(H,22,26)(H,23,24). The lowest BCUT2D eigenvalue weighted by Crippen LogP contribution is -2.41. The van der Waals surface area contributed by atoms with Crippen molar-refractivity contribution in [2.24, 2.45) is 0 Å². The predicted molar refractivity (Wildman–Crippen MR) is 104 cm³/mol. The number of hydrogen-bond donors (Lipinski definition) is 2. The van der Waals surface area contributed by atoms with Crippen LogP contribution in [0.15, 0.2) is 36.5 Å². The van der Waals surface area contributed by atoms with Crippen LogP contribution >= 0.6 is 0 Å². The number of benzene rings is 1. The topological polar surface area (TPSA) is 83.1 Å². The maximum Gasteiger partial charge on any atom is 0.318 e. The van der Waals surface area contributed by atoms with Crippen molar-refractivity contribution in [1.29, 1.82) is 0 Å². The molecule has 0 bridgehead atoms. The first-order chi connectivity index (χ1) is 13.1. The van der Waals surface area contributed by atoms with Crippen LogP contribution in [0.2, 0.25) is 0 Å². The molecule has 3 rings (SSSR count). The Morgan fingerprint density at radius 2 is 2.07 bits per heavy atom. The van der Waals surface area contributed by atoms with Crippen LogP contribution in [0.25, 0.3) is 11.0 Å². The number of pyridine rings is 1. The number of carbonyl (C=O) groups is 1. The van der Waals surface area contributed by atoms with Gasteiger partial charge in [0.15, 0.2) is 0 Å². The maximum absolute atomic E-state index is 12.6. The van der Waals surface area contributed by atoms with Crippen LogP contribution in [0.4, 0.5) is 4.79 Å². The zero-order valence-corrected chi connectivity index (χ0v) is 16.0. The van der Waals surface area contributed by atoms with Gasteiger partial charge >= 0.3 is 6.03 Å². The molecular formula is C20H25N5O2. The van der Waals surface area contributed by atoms with Gasteiger partial charge in [0.2, 0.25) is 0 Å². The number of ether oxygens (including phenoxy) is 1. The first-order valence-corrected chi connectivity index (χ1v) is 8.94. The Bertz CT molecular complexity index is 868. The highest BCUT2D eigenvalue weighted by molar-refractivity contribution is 5.77. The number of fused-ring (bicyclic) bond motifs is 1. The highest BCUT2D eigenvalue weighted by atomic mass is 16.5. The van der Waals surface area contributed by atoms with Gasteiger partial charge in [-0.15, -0.1) is 0 Å². The number of aromatic nitrogens is 3. The van der Waals surface area contributed by atoms with Crippen molar-refractivity contribution in [3.63, 3.8) is 0 Å². The minimum absolute atomic E-state index is 0.175. The molecule has 0 saturated heterocycles. The molecule has 0 radical (unpaired) electrons. The van der Waals surface area contributed by atoms with E-state index in [4.69, 9.17) is 4.74 Å². The lowest BCUT2D eigenvalue weighted by Gasteiger charge is -2.22. The van der Waals surface area contributed by atoms with Crippen molar-refractivity contribution < 1.29 is 9.53 Å². The number of imidazole rings is 1. The van der Waals surface area contributed by atoms with Gasteiger partial charge in [-0.2, -0.15) is 0 Å². The van der Waals surface area contributed by atoms with Crippen LogP contribution in [-0.2, 0) is 17.8 Å². The number of methoxy groups -OCH3 is 1. The summed E-state index contributed by atoms with van der Waals surface area (Å²) in [5.41, 5.74) is 5.13. The van der Waals surface area contributed by atoms with Crippen molar-refractivity contribution in [2.45, 2.75) is 26.9 Å². The van der Waals surface area contributed by atoms with Gasteiger partial charge in [0, 0.05) is 19.9 Å². The molecule has 3 aromatic rings. The van der Waals surface area contributed by atoms with E-state index in [9.17, 15) is 4.79 Å². The van der Waals surface area contributed by atoms with Gasteiger partial charge < -0.3 is 19.9 Å². The minimum Gasteiger partial charge on any atom is -0.383 e. The molecule has 7 heteroatoms. The Morgan fingerprint density at radius 1 is 1.26 bits per heavy atom. The summed E-state index contributed by atoms with van der Waals surface area (Å²) in [6.07, 6.45) is 1.72. The van der Waals surface area contributed by atoms with Crippen LogP contribution in [0.1, 0.15) is 22.6 Å². The average Bonchev–Trinajstić information content (AvgIpc) is 3.06. The molecule has 7 nitrogen and oxygen atoms in total. The van der Waals surface area contributed by atoms with Gasteiger partial charge in [-0.3, -0.25) is 4.98 Å². The number of amides is 2. The van der Waals surface area contributed by atoms with Gasteiger partial charge in [-0.1, -0.05) is 6.07 Å². The lowest BCUT2D eigenvalue weighted by atomic mass is 10.1. The minimum atomic E-state index is -0.175. The summed E-state index contributed by atoms with van der Waals surface area (Å²) in [4.78, 5) is 26.5. The number of hydrogen-bond acceptors (Lipinski definition) is 4. The van der Waals surface area contributed by atoms with E-state index in [1.165, 1.54) is 11.1 Å². The van der Waals surface area contributed by atoms with Crippen LogP contribution in [0, 0.1) is 13.8 Å². The number of aryl methyl sites for hydroxylation is 2. The van der Waals surface area contributed by atoms with E-state index < -0.39 is 0 Å². The van der Waals surface area contributed by atoms with E-state index in [1.54, 1.807) is 18.2 Å². The average molecular weight is 367 g/mol.